The van der Waals surface area contributed by atoms with Crippen molar-refractivity contribution in [1.82, 2.24) is 0 Å². The molecular weight excluding hydrogens is 294 g/mol. The second-order valence-corrected chi connectivity index (χ2v) is 6.83. The number of ether oxygens (including phenoxy) is 2. The van der Waals surface area contributed by atoms with E-state index in [1.165, 1.54) is 7.11 Å². The van der Waals surface area contributed by atoms with Crippen LogP contribution in [0.2, 0.25) is 0 Å². The van der Waals surface area contributed by atoms with Gasteiger partial charge in [-0.3, -0.25) is 4.79 Å². The Morgan fingerprint density at radius 1 is 1.19 bits per heavy atom. The minimum Gasteiger partial charge on any atom is -0.494 e. The highest BCUT2D eigenvalue weighted by Gasteiger charge is 2.13. The van der Waals surface area contributed by atoms with E-state index in [1.807, 2.05) is 12.1 Å². The van der Waals surface area contributed by atoms with Crippen molar-refractivity contribution in [3.8, 4) is 5.75 Å². The molecule has 2 N–H and O–H groups in total. The molecule has 0 spiro atoms. The number of carbonyl (C=O) groups excluding carboxylic acids is 1. The molecule has 0 fully saturated rings. The zero-order valence-electron chi connectivity index (χ0n) is 12.1. The monoisotopic (exact) mass is 315 g/mol. The van der Waals surface area contributed by atoms with Crippen LogP contribution in [0.25, 0.3) is 0 Å². The summed E-state index contributed by atoms with van der Waals surface area (Å²) in [6, 6.07) is 7.33. The van der Waals surface area contributed by atoms with Gasteiger partial charge in [0, 0.05) is 6.54 Å². The van der Waals surface area contributed by atoms with Crippen molar-refractivity contribution in [3.63, 3.8) is 0 Å². The van der Waals surface area contributed by atoms with Gasteiger partial charge in [0.15, 0.2) is 9.84 Å². The number of methoxy groups -OCH3 is 1. The number of nitrogens with two attached hydrogens (primary N) is 1. The Bertz CT molecular complexity index is 539. The molecule has 0 aliphatic rings. The predicted molar refractivity (Wildman–Crippen MR) is 79.7 cm³/mol. The number of sulfone groups is 1. The molecule has 118 valence electrons. The summed E-state index contributed by atoms with van der Waals surface area (Å²) in [7, 11) is -2.01. The standard InChI is InChI=1S/C14H21NO5S/c1-19-14(16)7-10-21(17,18)9-2-8-20-13-5-3-12(11-15)4-6-13/h3-6H,2,7-11,15H2,1H3. The molecule has 6 nitrogen and oxygen atoms in total. The molecule has 1 aromatic carbocycles. The fraction of sp³-hybridized carbons (Fsp3) is 0.500. The number of carbonyl (C=O) groups is 1. The van der Waals surface area contributed by atoms with Gasteiger partial charge < -0.3 is 15.2 Å². The minimum absolute atomic E-state index is 0.00905. The van der Waals surface area contributed by atoms with Crippen molar-refractivity contribution >= 4 is 15.8 Å². The molecule has 0 aromatic heterocycles. The number of esters is 1. The molecule has 0 saturated carbocycles. The van der Waals surface area contributed by atoms with Gasteiger partial charge in [0.05, 0.1) is 31.6 Å². The summed E-state index contributed by atoms with van der Waals surface area (Å²) in [5.41, 5.74) is 6.50. The van der Waals surface area contributed by atoms with Crippen LogP contribution in [-0.2, 0) is 25.9 Å². The van der Waals surface area contributed by atoms with Crippen molar-refractivity contribution in [2.45, 2.75) is 19.4 Å². The van der Waals surface area contributed by atoms with E-state index in [9.17, 15) is 13.2 Å². The number of hydrogen-bond acceptors (Lipinski definition) is 6. The van der Waals surface area contributed by atoms with Crippen molar-refractivity contribution < 1.29 is 22.7 Å². The first-order valence-electron chi connectivity index (χ1n) is 6.66. The van der Waals surface area contributed by atoms with Crippen molar-refractivity contribution in [2.24, 2.45) is 5.73 Å². The van der Waals surface area contributed by atoms with Crippen molar-refractivity contribution in [3.05, 3.63) is 29.8 Å². The van der Waals surface area contributed by atoms with E-state index in [2.05, 4.69) is 4.74 Å². The Morgan fingerprint density at radius 3 is 2.43 bits per heavy atom. The zero-order valence-corrected chi connectivity index (χ0v) is 12.9. The van der Waals surface area contributed by atoms with Gasteiger partial charge in [0.2, 0.25) is 0 Å². The summed E-state index contributed by atoms with van der Waals surface area (Å²) in [5, 5.41) is 0. The van der Waals surface area contributed by atoms with Gasteiger partial charge in [-0.05, 0) is 24.1 Å². The minimum atomic E-state index is -3.25. The number of rotatable bonds is 9. The number of hydrogen-bond donors (Lipinski definition) is 1. The largest absolute Gasteiger partial charge is 0.494 e. The Labute approximate surface area is 125 Å². The highest BCUT2D eigenvalue weighted by atomic mass is 32.2. The van der Waals surface area contributed by atoms with Gasteiger partial charge in [0.1, 0.15) is 5.75 Å². The third kappa shape index (κ3) is 7.10. The van der Waals surface area contributed by atoms with Gasteiger partial charge in [-0.15, -0.1) is 0 Å². The van der Waals surface area contributed by atoms with Crippen LogP contribution >= 0.6 is 0 Å². The Balaban J connectivity index is 2.27. The summed E-state index contributed by atoms with van der Waals surface area (Å²) < 4.78 is 33.2. The van der Waals surface area contributed by atoms with E-state index in [-0.39, 0.29) is 17.9 Å². The Morgan fingerprint density at radius 2 is 1.86 bits per heavy atom. The summed E-state index contributed by atoms with van der Waals surface area (Å²) >= 11 is 0. The molecule has 0 radical (unpaired) electrons. The van der Waals surface area contributed by atoms with Crippen LogP contribution in [0.15, 0.2) is 24.3 Å². The first-order chi connectivity index (χ1) is 9.96. The molecule has 7 heteroatoms. The maximum atomic E-state index is 11.7. The second kappa shape index (κ2) is 8.63. The molecule has 0 aliphatic carbocycles. The fourth-order valence-electron chi connectivity index (χ4n) is 1.63. The maximum absolute atomic E-state index is 11.7. The van der Waals surface area contributed by atoms with Crippen LogP contribution in [-0.4, -0.2) is 39.6 Å². The van der Waals surface area contributed by atoms with Gasteiger partial charge in [-0.1, -0.05) is 12.1 Å². The predicted octanol–water partition coefficient (Wildman–Crippen LogP) is 0.892. The molecule has 1 aromatic rings. The van der Waals surface area contributed by atoms with Crippen LogP contribution in [0.5, 0.6) is 5.75 Å². The van der Waals surface area contributed by atoms with Gasteiger partial charge in [-0.25, -0.2) is 8.42 Å². The molecule has 21 heavy (non-hydrogen) atoms. The first kappa shape index (κ1) is 17.5. The fourth-order valence-corrected chi connectivity index (χ4v) is 2.87. The highest BCUT2D eigenvalue weighted by molar-refractivity contribution is 7.91. The maximum Gasteiger partial charge on any atom is 0.306 e. The molecule has 0 aliphatic heterocycles. The highest BCUT2D eigenvalue weighted by Crippen LogP contribution is 2.12. The van der Waals surface area contributed by atoms with Crippen molar-refractivity contribution in [1.29, 1.82) is 0 Å². The zero-order chi connectivity index (χ0) is 15.7. The van der Waals surface area contributed by atoms with Crippen molar-refractivity contribution in [2.75, 3.05) is 25.2 Å². The third-order valence-corrected chi connectivity index (χ3v) is 4.61. The van der Waals surface area contributed by atoms with Gasteiger partial charge in [-0.2, -0.15) is 0 Å². The molecule has 0 unspecified atom stereocenters. The molecule has 0 saturated heterocycles. The van der Waals surface area contributed by atoms with E-state index in [1.54, 1.807) is 12.1 Å². The van der Waals surface area contributed by atoms with Gasteiger partial charge in [0.25, 0.3) is 0 Å². The molecule has 0 bridgehead atoms. The summed E-state index contributed by atoms with van der Waals surface area (Å²) in [4.78, 5) is 10.9. The van der Waals surface area contributed by atoms with Crippen LogP contribution < -0.4 is 10.5 Å². The molecule has 0 amide bonds. The lowest BCUT2D eigenvalue weighted by Crippen LogP contribution is -2.16. The molecular formula is C14H21NO5S. The Kier molecular flexibility index (Phi) is 7.18. The first-order valence-corrected chi connectivity index (χ1v) is 8.48. The van der Waals surface area contributed by atoms with Crippen LogP contribution in [0.1, 0.15) is 18.4 Å². The average molecular weight is 315 g/mol. The van der Waals surface area contributed by atoms with E-state index >= 15 is 0 Å². The molecule has 0 heterocycles. The summed E-state index contributed by atoms with van der Waals surface area (Å²) in [6.45, 7) is 0.776. The third-order valence-electron chi connectivity index (χ3n) is 2.87. The topological polar surface area (TPSA) is 95.7 Å². The SMILES string of the molecule is COC(=O)CCS(=O)(=O)CCCOc1ccc(CN)cc1. The lowest BCUT2D eigenvalue weighted by Gasteiger charge is -2.07. The lowest BCUT2D eigenvalue weighted by molar-refractivity contribution is -0.140. The summed E-state index contributed by atoms with van der Waals surface area (Å²) in [6.07, 6.45) is 0.266. The average Bonchev–Trinajstić information content (AvgIpc) is 2.50. The van der Waals surface area contributed by atoms with E-state index in [0.29, 0.717) is 25.3 Å². The van der Waals surface area contributed by atoms with Crippen LogP contribution in [0.3, 0.4) is 0 Å². The summed E-state index contributed by atoms with van der Waals surface area (Å²) in [5.74, 6) is -0.0376. The van der Waals surface area contributed by atoms with Gasteiger partial charge >= 0.3 is 5.97 Å². The quantitative estimate of drug-likeness (QED) is 0.537. The molecule has 1 rings (SSSR count). The smallest absolute Gasteiger partial charge is 0.306 e. The Hall–Kier alpha value is -1.60. The van der Waals surface area contributed by atoms with E-state index in [4.69, 9.17) is 10.5 Å². The lowest BCUT2D eigenvalue weighted by atomic mass is 10.2. The van der Waals surface area contributed by atoms with Crippen LogP contribution in [0.4, 0.5) is 0 Å². The number of benzene rings is 1. The van der Waals surface area contributed by atoms with E-state index in [0.717, 1.165) is 5.56 Å². The molecule has 0 atom stereocenters. The second-order valence-electron chi connectivity index (χ2n) is 4.53. The van der Waals surface area contributed by atoms with E-state index < -0.39 is 15.8 Å². The van der Waals surface area contributed by atoms with Crippen LogP contribution in [0, 0.1) is 0 Å². The normalized spacial score (nSPS) is 11.1.